The highest BCUT2D eigenvalue weighted by Gasteiger charge is 2.23. The van der Waals surface area contributed by atoms with Gasteiger partial charge in [0.05, 0.1) is 18.2 Å². The Hall–Kier alpha value is -0.740. The quantitative estimate of drug-likeness (QED) is 0.746. The summed E-state index contributed by atoms with van der Waals surface area (Å²) in [6.07, 6.45) is 1.31. The number of ether oxygens (including phenoxy) is 1. The molecule has 0 amide bonds. The van der Waals surface area contributed by atoms with Crippen LogP contribution in [-0.4, -0.2) is 24.0 Å². The number of carbonyl (C=O) groups excluding carboxylic acids is 1. The minimum Gasteiger partial charge on any atom is -0.380 e. The van der Waals surface area contributed by atoms with Gasteiger partial charge >= 0.3 is 0 Å². The van der Waals surface area contributed by atoms with Gasteiger partial charge < -0.3 is 4.74 Å². The summed E-state index contributed by atoms with van der Waals surface area (Å²) in [5.41, 5.74) is 1.04. The molecule has 3 nitrogen and oxygen atoms in total. The second kappa shape index (κ2) is 4.19. The second-order valence-corrected chi connectivity index (χ2v) is 4.52. The van der Waals surface area contributed by atoms with E-state index in [1.54, 1.807) is 11.3 Å². The van der Waals surface area contributed by atoms with Crippen LogP contribution in [0.15, 0.2) is 5.38 Å². The van der Waals surface area contributed by atoms with Gasteiger partial charge in [-0.2, -0.15) is 0 Å². The minimum absolute atomic E-state index is 0.0364. The molecule has 1 fully saturated rings. The Morgan fingerprint density at radius 3 is 3.21 bits per heavy atom. The Balaban J connectivity index is 1.99. The smallest absolute Gasteiger partial charge is 0.140 e. The number of aryl methyl sites for hydroxylation is 1. The number of aromatic nitrogens is 1. The van der Waals surface area contributed by atoms with E-state index in [-0.39, 0.29) is 5.92 Å². The molecule has 1 saturated heterocycles. The van der Waals surface area contributed by atoms with Gasteiger partial charge in [-0.05, 0) is 6.92 Å². The maximum atomic E-state index is 11.5. The maximum absolute atomic E-state index is 11.5. The lowest BCUT2D eigenvalue weighted by molar-refractivity contribution is -0.130. The van der Waals surface area contributed by atoms with Crippen molar-refractivity contribution in [2.45, 2.75) is 19.8 Å². The van der Waals surface area contributed by atoms with Gasteiger partial charge in [-0.1, -0.05) is 0 Å². The van der Waals surface area contributed by atoms with Gasteiger partial charge in [0.25, 0.3) is 0 Å². The van der Waals surface area contributed by atoms with Crippen molar-refractivity contribution in [2.24, 2.45) is 5.92 Å². The standard InChI is InChI=1S/C10H13NO2S/c1-7-6-14-10(11-7)4-8-5-13-3-2-9(8)12/h6,8H,2-5H2,1H3. The zero-order chi connectivity index (χ0) is 9.97. The number of carbonyl (C=O) groups is 1. The molecule has 1 aromatic heterocycles. The fraction of sp³-hybridized carbons (Fsp3) is 0.600. The molecule has 1 aromatic rings. The van der Waals surface area contributed by atoms with Crippen LogP contribution in [0.1, 0.15) is 17.1 Å². The van der Waals surface area contributed by atoms with Crippen LogP contribution < -0.4 is 0 Å². The molecule has 1 unspecified atom stereocenters. The van der Waals surface area contributed by atoms with Crippen molar-refractivity contribution in [3.05, 3.63) is 16.1 Å². The summed E-state index contributed by atoms with van der Waals surface area (Å²) in [5.74, 6) is 0.360. The number of Topliss-reactive ketones (excluding diaryl/α,β-unsaturated/α-hetero) is 1. The predicted octanol–water partition coefficient (Wildman–Crippen LogP) is 1.60. The Morgan fingerprint density at radius 1 is 1.71 bits per heavy atom. The van der Waals surface area contributed by atoms with Gasteiger partial charge in [-0.25, -0.2) is 4.98 Å². The fourth-order valence-electron chi connectivity index (χ4n) is 1.58. The molecule has 4 heteroatoms. The number of hydrogen-bond acceptors (Lipinski definition) is 4. The van der Waals surface area contributed by atoms with E-state index in [1.165, 1.54) is 0 Å². The average molecular weight is 211 g/mol. The molecule has 1 atom stereocenters. The van der Waals surface area contributed by atoms with E-state index in [1.807, 2.05) is 12.3 Å². The van der Waals surface area contributed by atoms with Crippen LogP contribution in [0.4, 0.5) is 0 Å². The van der Waals surface area contributed by atoms with Gasteiger partial charge in [-0.15, -0.1) is 11.3 Å². The Kier molecular flexibility index (Phi) is 2.93. The first-order valence-electron chi connectivity index (χ1n) is 4.77. The summed E-state index contributed by atoms with van der Waals surface area (Å²) < 4.78 is 5.29. The molecule has 0 radical (unpaired) electrons. The van der Waals surface area contributed by atoms with Gasteiger partial charge in [0, 0.05) is 29.8 Å². The largest absolute Gasteiger partial charge is 0.380 e. The number of ketones is 1. The number of rotatable bonds is 2. The summed E-state index contributed by atoms with van der Waals surface area (Å²) in [6, 6.07) is 0. The Morgan fingerprint density at radius 2 is 2.57 bits per heavy atom. The summed E-state index contributed by atoms with van der Waals surface area (Å²) in [5, 5.41) is 3.06. The lowest BCUT2D eigenvalue weighted by atomic mass is 9.97. The highest BCUT2D eigenvalue weighted by Crippen LogP contribution is 2.18. The van der Waals surface area contributed by atoms with E-state index < -0.39 is 0 Å². The third kappa shape index (κ3) is 2.19. The van der Waals surface area contributed by atoms with Crippen molar-refractivity contribution in [3.8, 4) is 0 Å². The van der Waals surface area contributed by atoms with Crippen molar-refractivity contribution >= 4 is 17.1 Å². The lowest BCUT2D eigenvalue weighted by Gasteiger charge is -2.19. The maximum Gasteiger partial charge on any atom is 0.140 e. The predicted molar refractivity (Wildman–Crippen MR) is 54.5 cm³/mol. The SMILES string of the molecule is Cc1csc(CC2COCCC2=O)n1. The molecule has 0 aromatic carbocycles. The molecule has 0 bridgehead atoms. The van der Waals surface area contributed by atoms with E-state index >= 15 is 0 Å². The molecule has 0 spiro atoms. The number of hydrogen-bond donors (Lipinski definition) is 0. The molecular formula is C10H13NO2S. The lowest BCUT2D eigenvalue weighted by Crippen LogP contribution is -2.29. The van der Waals surface area contributed by atoms with Crippen molar-refractivity contribution in [1.82, 2.24) is 4.98 Å². The van der Waals surface area contributed by atoms with Crippen LogP contribution in [0.25, 0.3) is 0 Å². The molecule has 14 heavy (non-hydrogen) atoms. The van der Waals surface area contributed by atoms with E-state index in [2.05, 4.69) is 4.98 Å². The van der Waals surface area contributed by atoms with Crippen molar-refractivity contribution in [2.75, 3.05) is 13.2 Å². The Labute approximate surface area is 87.1 Å². The van der Waals surface area contributed by atoms with E-state index in [4.69, 9.17) is 4.74 Å². The molecule has 1 aliphatic heterocycles. The minimum atomic E-state index is 0.0364. The summed E-state index contributed by atoms with van der Waals surface area (Å²) >= 11 is 1.63. The third-order valence-corrected chi connectivity index (χ3v) is 3.34. The number of thiazole rings is 1. The van der Waals surface area contributed by atoms with Crippen LogP contribution in [0, 0.1) is 12.8 Å². The van der Waals surface area contributed by atoms with E-state index in [0.717, 1.165) is 17.1 Å². The molecular weight excluding hydrogens is 198 g/mol. The molecule has 1 aliphatic rings. The first-order valence-corrected chi connectivity index (χ1v) is 5.65. The first kappa shape index (κ1) is 9.80. The van der Waals surface area contributed by atoms with Gasteiger partial charge in [0.15, 0.2) is 0 Å². The van der Waals surface area contributed by atoms with Crippen molar-refractivity contribution < 1.29 is 9.53 Å². The third-order valence-electron chi connectivity index (χ3n) is 2.35. The second-order valence-electron chi connectivity index (χ2n) is 3.57. The van der Waals surface area contributed by atoms with E-state index in [9.17, 15) is 4.79 Å². The van der Waals surface area contributed by atoms with Crippen LogP contribution >= 0.6 is 11.3 Å². The highest BCUT2D eigenvalue weighted by atomic mass is 32.1. The van der Waals surface area contributed by atoms with Crippen LogP contribution in [0.3, 0.4) is 0 Å². The summed E-state index contributed by atoms with van der Waals surface area (Å²) in [6.45, 7) is 3.13. The van der Waals surface area contributed by atoms with E-state index in [0.29, 0.717) is 25.4 Å². The first-order chi connectivity index (χ1) is 6.75. The molecule has 2 heterocycles. The highest BCUT2D eigenvalue weighted by molar-refractivity contribution is 7.09. The van der Waals surface area contributed by atoms with Crippen LogP contribution in [0.2, 0.25) is 0 Å². The molecule has 0 N–H and O–H groups in total. The average Bonchev–Trinajstić information content (AvgIpc) is 2.56. The topological polar surface area (TPSA) is 39.2 Å². The molecule has 2 rings (SSSR count). The van der Waals surface area contributed by atoms with Crippen LogP contribution in [-0.2, 0) is 16.0 Å². The van der Waals surface area contributed by atoms with Gasteiger partial charge in [0.2, 0.25) is 0 Å². The fourth-order valence-corrected chi connectivity index (χ4v) is 2.43. The summed E-state index contributed by atoms with van der Waals surface area (Å²) in [4.78, 5) is 15.9. The zero-order valence-electron chi connectivity index (χ0n) is 8.16. The molecule has 0 aliphatic carbocycles. The van der Waals surface area contributed by atoms with Crippen molar-refractivity contribution in [1.29, 1.82) is 0 Å². The van der Waals surface area contributed by atoms with Gasteiger partial charge in [0.1, 0.15) is 5.78 Å². The van der Waals surface area contributed by atoms with Crippen molar-refractivity contribution in [3.63, 3.8) is 0 Å². The molecule has 0 saturated carbocycles. The zero-order valence-corrected chi connectivity index (χ0v) is 8.97. The normalized spacial score (nSPS) is 22.6. The Bertz CT molecular complexity index is 335. The number of nitrogens with zero attached hydrogens (tertiary/aromatic N) is 1. The van der Waals surface area contributed by atoms with Gasteiger partial charge in [-0.3, -0.25) is 4.79 Å². The monoisotopic (exact) mass is 211 g/mol. The van der Waals surface area contributed by atoms with Crippen LogP contribution in [0.5, 0.6) is 0 Å². The molecule has 76 valence electrons. The summed E-state index contributed by atoms with van der Waals surface area (Å²) in [7, 11) is 0.